The summed E-state index contributed by atoms with van der Waals surface area (Å²) in [4.78, 5) is 28.4. The number of amides is 2. The van der Waals surface area contributed by atoms with E-state index in [1.165, 1.54) is 0 Å². The van der Waals surface area contributed by atoms with Crippen molar-refractivity contribution in [3.05, 3.63) is 64.6 Å². The number of rotatable bonds is 4. The van der Waals surface area contributed by atoms with Gasteiger partial charge in [-0.1, -0.05) is 18.2 Å². The van der Waals surface area contributed by atoms with E-state index in [9.17, 15) is 9.59 Å². The van der Waals surface area contributed by atoms with Gasteiger partial charge in [0.1, 0.15) is 17.2 Å². The van der Waals surface area contributed by atoms with Gasteiger partial charge in [-0.25, -0.2) is 4.98 Å². The third-order valence-corrected chi connectivity index (χ3v) is 4.94. The number of nitrogens with one attached hydrogen (secondary N) is 3. The van der Waals surface area contributed by atoms with Crippen LogP contribution < -0.4 is 16.0 Å². The van der Waals surface area contributed by atoms with E-state index in [2.05, 4.69) is 20.9 Å². The Hall–Kier alpha value is -3.45. The third kappa shape index (κ3) is 4.05. The lowest BCUT2D eigenvalue weighted by Crippen LogP contribution is -2.23. The Labute approximate surface area is 168 Å². The highest BCUT2D eigenvalue weighted by molar-refractivity contribution is 5.97. The number of furan rings is 1. The normalized spacial score (nSPS) is 14.3. The monoisotopic (exact) mass is 390 g/mol. The minimum atomic E-state index is -0.175. The van der Waals surface area contributed by atoms with Gasteiger partial charge in [-0.3, -0.25) is 9.59 Å². The number of para-hydroxylation sites is 1. The number of anilines is 1. The van der Waals surface area contributed by atoms with Crippen LogP contribution in [0.3, 0.4) is 0 Å². The van der Waals surface area contributed by atoms with Gasteiger partial charge >= 0.3 is 0 Å². The van der Waals surface area contributed by atoms with Gasteiger partial charge in [0.05, 0.1) is 13.1 Å². The molecule has 7 nitrogen and oxygen atoms in total. The molecule has 3 N–H and O–H groups in total. The summed E-state index contributed by atoms with van der Waals surface area (Å²) in [6.45, 7) is 4.86. The molecule has 0 saturated heterocycles. The average Bonchev–Trinajstić information content (AvgIpc) is 2.91. The zero-order valence-electron chi connectivity index (χ0n) is 16.3. The lowest BCUT2D eigenvalue weighted by Gasteiger charge is -2.07. The number of aryl methyl sites for hydroxylation is 1. The van der Waals surface area contributed by atoms with Gasteiger partial charge in [-0.05, 0) is 37.6 Å². The molecule has 0 saturated carbocycles. The van der Waals surface area contributed by atoms with Crippen molar-refractivity contribution in [2.75, 3.05) is 11.9 Å². The molecule has 2 amide bonds. The van der Waals surface area contributed by atoms with Crippen LogP contribution >= 0.6 is 0 Å². The molecule has 1 aliphatic heterocycles. The lowest BCUT2D eigenvalue weighted by atomic mass is 10.1. The first kappa shape index (κ1) is 18.9. The number of aromatic nitrogens is 1. The summed E-state index contributed by atoms with van der Waals surface area (Å²) in [5.41, 5.74) is 4.10. The van der Waals surface area contributed by atoms with Crippen LogP contribution in [0.25, 0.3) is 17.0 Å². The number of fused-ring (bicyclic) bond motifs is 2. The van der Waals surface area contributed by atoms with E-state index in [1.807, 2.05) is 37.3 Å². The standard InChI is InChI=1S/C22H22N4O3/c1-13(7-15-8-16-10-23-12-20(27)26-21(16)24-9-15)22(28)25-11-19-14(2)17-5-3-4-6-18(17)29-19/h3-9,23H,10-12H2,1-2H3,(H,25,28)(H,24,26,27). The molecule has 0 aliphatic carbocycles. The Morgan fingerprint density at radius 2 is 2.14 bits per heavy atom. The first-order valence-corrected chi connectivity index (χ1v) is 9.44. The molecule has 29 heavy (non-hydrogen) atoms. The molecule has 0 radical (unpaired) electrons. The Morgan fingerprint density at radius 3 is 2.97 bits per heavy atom. The van der Waals surface area contributed by atoms with Crippen LogP contribution in [0.1, 0.15) is 29.4 Å². The molecule has 1 aliphatic rings. The molecule has 3 heterocycles. The molecule has 1 aromatic carbocycles. The number of nitrogens with zero attached hydrogens (tertiary/aromatic N) is 1. The Balaban J connectivity index is 1.46. The van der Waals surface area contributed by atoms with E-state index in [0.717, 1.165) is 33.4 Å². The highest BCUT2D eigenvalue weighted by Crippen LogP contribution is 2.24. The summed E-state index contributed by atoms with van der Waals surface area (Å²) in [6, 6.07) is 9.74. The minimum Gasteiger partial charge on any atom is -0.459 e. The zero-order chi connectivity index (χ0) is 20.4. The van der Waals surface area contributed by atoms with Crippen molar-refractivity contribution < 1.29 is 14.0 Å². The van der Waals surface area contributed by atoms with Gasteiger partial charge < -0.3 is 20.4 Å². The topological polar surface area (TPSA) is 96.3 Å². The zero-order valence-corrected chi connectivity index (χ0v) is 16.3. The van der Waals surface area contributed by atoms with Crippen molar-refractivity contribution >= 4 is 34.7 Å². The van der Waals surface area contributed by atoms with Crippen molar-refractivity contribution in [2.45, 2.75) is 26.9 Å². The van der Waals surface area contributed by atoms with E-state index in [1.54, 1.807) is 19.2 Å². The van der Waals surface area contributed by atoms with Crippen molar-refractivity contribution in [3.8, 4) is 0 Å². The summed E-state index contributed by atoms with van der Waals surface area (Å²) in [7, 11) is 0. The van der Waals surface area contributed by atoms with E-state index in [-0.39, 0.29) is 18.4 Å². The van der Waals surface area contributed by atoms with Crippen molar-refractivity contribution in [1.82, 2.24) is 15.6 Å². The van der Waals surface area contributed by atoms with Crippen molar-refractivity contribution in [3.63, 3.8) is 0 Å². The first-order chi connectivity index (χ1) is 14.0. The van der Waals surface area contributed by atoms with Gasteiger partial charge in [-0.15, -0.1) is 0 Å². The predicted octanol–water partition coefficient (Wildman–Crippen LogP) is 2.90. The molecule has 0 atom stereocenters. The second kappa shape index (κ2) is 7.89. The fraction of sp³-hybridized carbons (Fsp3) is 0.227. The summed E-state index contributed by atoms with van der Waals surface area (Å²) in [5, 5.41) is 9.77. The van der Waals surface area contributed by atoms with Crippen LogP contribution in [0, 0.1) is 6.92 Å². The maximum absolute atomic E-state index is 12.5. The molecule has 0 unspecified atom stereocenters. The molecule has 4 rings (SSSR count). The van der Waals surface area contributed by atoms with E-state index in [0.29, 0.717) is 24.5 Å². The molecule has 7 heteroatoms. The van der Waals surface area contributed by atoms with Crippen molar-refractivity contribution in [1.29, 1.82) is 0 Å². The van der Waals surface area contributed by atoms with E-state index in [4.69, 9.17) is 4.42 Å². The van der Waals surface area contributed by atoms with Crippen LogP contribution in [-0.2, 0) is 22.7 Å². The average molecular weight is 390 g/mol. The molecule has 3 aromatic rings. The first-order valence-electron chi connectivity index (χ1n) is 9.44. The van der Waals surface area contributed by atoms with Crippen LogP contribution in [0.2, 0.25) is 0 Å². The van der Waals surface area contributed by atoms with Crippen LogP contribution in [0.4, 0.5) is 5.82 Å². The third-order valence-electron chi connectivity index (χ3n) is 4.94. The number of hydrogen-bond acceptors (Lipinski definition) is 5. The van der Waals surface area contributed by atoms with Gasteiger partial charge in [-0.2, -0.15) is 0 Å². The molecular weight excluding hydrogens is 368 g/mol. The van der Waals surface area contributed by atoms with Crippen LogP contribution in [0.15, 0.2) is 46.5 Å². The molecule has 0 bridgehead atoms. The van der Waals surface area contributed by atoms with E-state index < -0.39 is 0 Å². The number of carbonyl (C=O) groups is 2. The molecule has 0 spiro atoms. The quantitative estimate of drug-likeness (QED) is 0.595. The highest BCUT2D eigenvalue weighted by Gasteiger charge is 2.14. The van der Waals surface area contributed by atoms with Gasteiger partial charge in [0.25, 0.3) is 0 Å². The smallest absolute Gasteiger partial charge is 0.247 e. The maximum atomic E-state index is 12.5. The Morgan fingerprint density at radius 1 is 1.31 bits per heavy atom. The van der Waals surface area contributed by atoms with Gasteiger partial charge in [0, 0.05) is 34.8 Å². The van der Waals surface area contributed by atoms with Crippen LogP contribution in [-0.4, -0.2) is 23.3 Å². The van der Waals surface area contributed by atoms with Crippen LogP contribution in [0.5, 0.6) is 0 Å². The Kier molecular flexibility index (Phi) is 5.14. The minimum absolute atomic E-state index is 0.115. The van der Waals surface area contributed by atoms with Crippen molar-refractivity contribution in [2.24, 2.45) is 0 Å². The highest BCUT2D eigenvalue weighted by atomic mass is 16.3. The second-order valence-electron chi connectivity index (χ2n) is 7.08. The number of benzene rings is 1. The number of carbonyl (C=O) groups excluding carboxylic acids is 2. The number of hydrogen-bond donors (Lipinski definition) is 3. The second-order valence-corrected chi connectivity index (χ2v) is 7.08. The summed E-state index contributed by atoms with van der Waals surface area (Å²) in [6.07, 6.45) is 3.42. The summed E-state index contributed by atoms with van der Waals surface area (Å²) >= 11 is 0. The maximum Gasteiger partial charge on any atom is 0.247 e. The number of pyridine rings is 1. The van der Waals surface area contributed by atoms with E-state index >= 15 is 0 Å². The van der Waals surface area contributed by atoms with Gasteiger partial charge in [0.2, 0.25) is 11.8 Å². The fourth-order valence-electron chi connectivity index (χ4n) is 3.35. The fourth-order valence-corrected chi connectivity index (χ4v) is 3.35. The summed E-state index contributed by atoms with van der Waals surface area (Å²) in [5.74, 6) is 1.02. The summed E-state index contributed by atoms with van der Waals surface area (Å²) < 4.78 is 5.84. The largest absolute Gasteiger partial charge is 0.459 e. The lowest BCUT2D eigenvalue weighted by molar-refractivity contribution is -0.117. The Bertz CT molecular complexity index is 1130. The molecule has 0 fully saturated rings. The predicted molar refractivity (Wildman–Crippen MR) is 111 cm³/mol. The molecule has 2 aromatic heterocycles. The molecular formula is C22H22N4O3. The van der Waals surface area contributed by atoms with Gasteiger partial charge in [0.15, 0.2) is 0 Å². The molecule has 148 valence electrons. The SMILES string of the molecule is CC(=Cc1cnc2c(c1)CNCC(=O)N2)C(=O)NCc1oc2ccccc2c1C.